The van der Waals surface area contributed by atoms with Gasteiger partial charge in [-0.25, -0.2) is 22.0 Å². The molecule has 1 amide bonds. The van der Waals surface area contributed by atoms with Gasteiger partial charge in [-0.1, -0.05) is 18.2 Å². The molecular weight excluding hydrogens is 438 g/mol. The maximum atomic E-state index is 13.0. The van der Waals surface area contributed by atoms with Gasteiger partial charge in [0.2, 0.25) is 10.0 Å². The summed E-state index contributed by atoms with van der Waals surface area (Å²) >= 11 is 0. The number of para-hydroxylation sites is 1. The zero-order chi connectivity index (χ0) is 22.6. The standard InChI is InChI=1S/C21H21N3O5S2/c1-2-24(18-6-4-3-5-7-18)31(28,29)20-12-8-16(9-13-20)21(25)23-17-10-14-19(15-11-17)30(22,26)27/h3-15H,2H2,1H3,(H,23,25)(H2,22,26,27). The molecule has 0 fully saturated rings. The van der Waals surface area contributed by atoms with Crippen molar-refractivity contribution in [3.05, 3.63) is 84.4 Å². The molecule has 3 aromatic carbocycles. The number of anilines is 2. The minimum atomic E-state index is -3.82. The first-order valence-electron chi connectivity index (χ1n) is 9.25. The predicted molar refractivity (Wildman–Crippen MR) is 119 cm³/mol. The fraction of sp³-hybridized carbons (Fsp3) is 0.0952. The number of benzene rings is 3. The lowest BCUT2D eigenvalue weighted by molar-refractivity contribution is 0.102. The Hall–Kier alpha value is -3.21. The fourth-order valence-corrected chi connectivity index (χ4v) is 4.91. The molecule has 0 aliphatic heterocycles. The van der Waals surface area contributed by atoms with Crippen molar-refractivity contribution in [3.63, 3.8) is 0 Å². The Morgan fingerprint density at radius 2 is 1.39 bits per heavy atom. The van der Waals surface area contributed by atoms with Crippen LogP contribution in [-0.2, 0) is 20.0 Å². The van der Waals surface area contributed by atoms with Crippen LogP contribution in [0.1, 0.15) is 17.3 Å². The molecule has 0 unspecified atom stereocenters. The van der Waals surface area contributed by atoms with Gasteiger partial charge >= 0.3 is 0 Å². The Morgan fingerprint density at radius 3 is 1.90 bits per heavy atom. The molecule has 0 atom stereocenters. The number of nitrogens with two attached hydrogens (primary N) is 1. The van der Waals surface area contributed by atoms with Crippen molar-refractivity contribution in [1.29, 1.82) is 0 Å². The summed E-state index contributed by atoms with van der Waals surface area (Å²) in [7, 11) is -7.61. The van der Waals surface area contributed by atoms with E-state index in [1.165, 1.54) is 52.8 Å². The Morgan fingerprint density at radius 1 is 0.839 bits per heavy atom. The molecule has 3 aromatic rings. The Bertz CT molecular complexity index is 1270. The monoisotopic (exact) mass is 459 g/mol. The Kier molecular flexibility index (Phi) is 6.44. The van der Waals surface area contributed by atoms with Gasteiger partial charge in [0, 0.05) is 17.8 Å². The van der Waals surface area contributed by atoms with Crippen LogP contribution in [0.2, 0.25) is 0 Å². The quantitative estimate of drug-likeness (QED) is 0.562. The van der Waals surface area contributed by atoms with Gasteiger partial charge in [-0.15, -0.1) is 0 Å². The van der Waals surface area contributed by atoms with Crippen molar-refractivity contribution in [2.75, 3.05) is 16.2 Å². The summed E-state index contributed by atoms with van der Waals surface area (Å²) < 4.78 is 49.9. The van der Waals surface area contributed by atoms with Gasteiger partial charge in [-0.05, 0) is 67.6 Å². The van der Waals surface area contributed by atoms with Crippen molar-refractivity contribution in [3.8, 4) is 0 Å². The highest BCUT2D eigenvalue weighted by Crippen LogP contribution is 2.23. The van der Waals surface area contributed by atoms with Crippen molar-refractivity contribution >= 4 is 37.3 Å². The van der Waals surface area contributed by atoms with Gasteiger partial charge in [0.25, 0.3) is 15.9 Å². The third kappa shape index (κ3) is 5.10. The van der Waals surface area contributed by atoms with E-state index in [-0.39, 0.29) is 21.9 Å². The number of hydrogen-bond acceptors (Lipinski definition) is 5. The van der Waals surface area contributed by atoms with Crippen LogP contribution in [0, 0.1) is 0 Å². The zero-order valence-electron chi connectivity index (χ0n) is 16.6. The summed E-state index contributed by atoms with van der Waals surface area (Å²) in [4.78, 5) is 12.4. The second kappa shape index (κ2) is 8.88. The minimum absolute atomic E-state index is 0.0623. The summed E-state index contributed by atoms with van der Waals surface area (Å²) in [6.45, 7) is 2.00. The first-order valence-corrected chi connectivity index (χ1v) is 12.2. The molecule has 0 aromatic heterocycles. The minimum Gasteiger partial charge on any atom is -0.322 e. The summed E-state index contributed by atoms with van der Waals surface area (Å²) in [6, 6.07) is 19.7. The van der Waals surface area contributed by atoms with Crippen molar-refractivity contribution in [2.24, 2.45) is 5.14 Å². The van der Waals surface area contributed by atoms with Crippen LogP contribution in [0.4, 0.5) is 11.4 Å². The van der Waals surface area contributed by atoms with E-state index in [1.807, 2.05) is 0 Å². The van der Waals surface area contributed by atoms with Gasteiger partial charge in [0.15, 0.2) is 0 Å². The van der Waals surface area contributed by atoms with E-state index < -0.39 is 26.0 Å². The van der Waals surface area contributed by atoms with E-state index >= 15 is 0 Å². The lowest BCUT2D eigenvalue weighted by atomic mass is 10.2. The van der Waals surface area contributed by atoms with E-state index in [0.29, 0.717) is 11.4 Å². The van der Waals surface area contributed by atoms with E-state index in [9.17, 15) is 21.6 Å². The topological polar surface area (TPSA) is 127 Å². The van der Waals surface area contributed by atoms with E-state index in [2.05, 4.69) is 5.32 Å². The average Bonchev–Trinajstić information content (AvgIpc) is 2.74. The largest absolute Gasteiger partial charge is 0.322 e. The number of hydrogen-bond donors (Lipinski definition) is 2. The molecule has 8 nitrogen and oxygen atoms in total. The number of carbonyl (C=O) groups is 1. The molecule has 0 aliphatic rings. The normalized spacial score (nSPS) is 11.7. The van der Waals surface area contributed by atoms with Crippen LogP contribution in [-0.4, -0.2) is 29.3 Å². The first kappa shape index (κ1) is 22.5. The molecule has 0 spiro atoms. The van der Waals surface area contributed by atoms with Crippen LogP contribution >= 0.6 is 0 Å². The van der Waals surface area contributed by atoms with Crippen molar-refractivity contribution in [1.82, 2.24) is 0 Å². The number of nitrogens with one attached hydrogen (secondary N) is 1. The molecule has 0 saturated carbocycles. The second-order valence-corrected chi connectivity index (χ2v) is 9.98. The molecular formula is C21H21N3O5S2. The maximum absolute atomic E-state index is 13.0. The molecule has 3 N–H and O–H groups in total. The van der Waals surface area contributed by atoms with E-state index in [1.54, 1.807) is 37.3 Å². The van der Waals surface area contributed by atoms with E-state index in [0.717, 1.165) is 0 Å². The van der Waals surface area contributed by atoms with Crippen molar-refractivity contribution < 1.29 is 21.6 Å². The lowest BCUT2D eigenvalue weighted by Gasteiger charge is -2.23. The number of amides is 1. The van der Waals surface area contributed by atoms with Crippen LogP contribution < -0.4 is 14.8 Å². The van der Waals surface area contributed by atoms with Gasteiger partial charge < -0.3 is 5.32 Å². The molecule has 31 heavy (non-hydrogen) atoms. The predicted octanol–water partition coefficient (Wildman–Crippen LogP) is 2.80. The lowest BCUT2D eigenvalue weighted by Crippen LogP contribution is -2.30. The SMILES string of the molecule is CCN(c1ccccc1)S(=O)(=O)c1ccc(C(=O)Nc2ccc(S(N)(=O)=O)cc2)cc1. The third-order valence-electron chi connectivity index (χ3n) is 4.48. The smallest absolute Gasteiger partial charge is 0.264 e. The summed E-state index contributed by atoms with van der Waals surface area (Å²) in [6.07, 6.45) is 0. The number of sulfonamides is 2. The second-order valence-electron chi connectivity index (χ2n) is 6.55. The number of primary sulfonamides is 1. The number of carbonyl (C=O) groups excluding carboxylic acids is 1. The van der Waals surface area contributed by atoms with E-state index in [4.69, 9.17) is 5.14 Å². The molecule has 3 rings (SSSR count). The molecule has 0 saturated heterocycles. The van der Waals surface area contributed by atoms with Gasteiger partial charge in [-0.2, -0.15) is 0 Å². The maximum Gasteiger partial charge on any atom is 0.264 e. The van der Waals surface area contributed by atoms with Crippen LogP contribution in [0.3, 0.4) is 0 Å². The van der Waals surface area contributed by atoms with Crippen LogP contribution in [0.25, 0.3) is 0 Å². The molecule has 10 heteroatoms. The number of rotatable bonds is 7. The zero-order valence-corrected chi connectivity index (χ0v) is 18.2. The van der Waals surface area contributed by atoms with Gasteiger partial charge in [0.05, 0.1) is 15.5 Å². The molecule has 0 bridgehead atoms. The average molecular weight is 460 g/mol. The van der Waals surface area contributed by atoms with Gasteiger partial charge in [-0.3, -0.25) is 9.10 Å². The Labute approximate surface area is 181 Å². The third-order valence-corrected chi connectivity index (χ3v) is 7.32. The number of nitrogens with zero attached hydrogens (tertiary/aromatic N) is 1. The molecule has 0 heterocycles. The highest BCUT2D eigenvalue weighted by Gasteiger charge is 2.23. The highest BCUT2D eigenvalue weighted by atomic mass is 32.2. The first-order chi connectivity index (χ1) is 14.6. The summed E-state index contributed by atoms with van der Waals surface area (Å²) in [5.74, 6) is -0.470. The summed E-state index contributed by atoms with van der Waals surface area (Å²) in [5, 5.41) is 7.67. The molecule has 162 valence electrons. The highest BCUT2D eigenvalue weighted by molar-refractivity contribution is 7.92. The van der Waals surface area contributed by atoms with Gasteiger partial charge in [0.1, 0.15) is 0 Å². The van der Waals surface area contributed by atoms with Crippen LogP contribution in [0.5, 0.6) is 0 Å². The molecule has 0 aliphatic carbocycles. The van der Waals surface area contributed by atoms with Crippen LogP contribution in [0.15, 0.2) is 88.7 Å². The Balaban J connectivity index is 1.78. The van der Waals surface area contributed by atoms with Crippen molar-refractivity contribution in [2.45, 2.75) is 16.7 Å². The summed E-state index contributed by atoms with van der Waals surface area (Å²) in [5.41, 5.74) is 1.17. The fourth-order valence-electron chi connectivity index (χ4n) is 2.92. The molecule has 0 radical (unpaired) electrons.